The van der Waals surface area contributed by atoms with Crippen LogP contribution in [0.5, 0.6) is 0 Å². The van der Waals surface area contributed by atoms with Gasteiger partial charge < -0.3 is 9.80 Å². The third-order valence-corrected chi connectivity index (χ3v) is 5.19. The van der Waals surface area contributed by atoms with Crippen molar-refractivity contribution in [1.82, 2.24) is 9.88 Å². The fourth-order valence-corrected chi connectivity index (χ4v) is 3.68. The molecule has 0 bridgehead atoms. The van der Waals surface area contributed by atoms with Crippen LogP contribution in [0.3, 0.4) is 0 Å². The summed E-state index contributed by atoms with van der Waals surface area (Å²) in [5.74, 6) is 0.0157. The standard InChI is InChI=1S/C21H20ClN3O/c1-14-18(12-16-11-17(22)7-8-19(16)23-14)21(26)25-10-9-24(2)20-6-4-3-5-15(20)13-25/h3-8,11-12H,9-10,13H2,1-2H3. The summed E-state index contributed by atoms with van der Waals surface area (Å²) in [6.07, 6.45) is 0. The number of benzene rings is 2. The molecule has 0 unspecified atom stereocenters. The van der Waals surface area contributed by atoms with E-state index in [0.29, 0.717) is 23.7 Å². The number of anilines is 1. The first-order valence-electron chi connectivity index (χ1n) is 8.68. The third kappa shape index (κ3) is 3.01. The number of carbonyl (C=O) groups is 1. The molecule has 5 heteroatoms. The Morgan fingerprint density at radius 2 is 1.92 bits per heavy atom. The lowest BCUT2D eigenvalue weighted by atomic mass is 10.1. The minimum Gasteiger partial charge on any atom is -0.373 e. The molecule has 4 nitrogen and oxygen atoms in total. The molecule has 2 heterocycles. The normalized spacial score (nSPS) is 14.3. The number of halogens is 1. The predicted molar refractivity (Wildman–Crippen MR) is 106 cm³/mol. The number of carbonyl (C=O) groups excluding carboxylic acids is 1. The smallest absolute Gasteiger partial charge is 0.256 e. The number of para-hydroxylation sites is 1. The predicted octanol–water partition coefficient (Wildman–Crippen LogP) is 4.29. The highest BCUT2D eigenvalue weighted by molar-refractivity contribution is 6.31. The van der Waals surface area contributed by atoms with Crippen molar-refractivity contribution in [3.05, 3.63) is 70.4 Å². The molecule has 26 heavy (non-hydrogen) atoms. The topological polar surface area (TPSA) is 36.4 Å². The van der Waals surface area contributed by atoms with Crippen LogP contribution in [-0.2, 0) is 6.54 Å². The van der Waals surface area contributed by atoms with E-state index in [9.17, 15) is 4.79 Å². The lowest BCUT2D eigenvalue weighted by Crippen LogP contribution is -2.34. The summed E-state index contributed by atoms with van der Waals surface area (Å²) >= 11 is 6.10. The van der Waals surface area contributed by atoms with Crippen molar-refractivity contribution >= 4 is 34.1 Å². The Morgan fingerprint density at radius 3 is 2.77 bits per heavy atom. The Kier molecular flexibility index (Phi) is 4.29. The largest absolute Gasteiger partial charge is 0.373 e. The number of aryl methyl sites for hydroxylation is 1. The minimum absolute atomic E-state index is 0.0157. The number of hydrogen-bond donors (Lipinski definition) is 0. The highest BCUT2D eigenvalue weighted by Gasteiger charge is 2.23. The van der Waals surface area contributed by atoms with Crippen LogP contribution in [0, 0.1) is 6.92 Å². The van der Waals surface area contributed by atoms with Crippen LogP contribution in [0.1, 0.15) is 21.6 Å². The summed E-state index contributed by atoms with van der Waals surface area (Å²) < 4.78 is 0. The lowest BCUT2D eigenvalue weighted by Gasteiger charge is -2.22. The fraction of sp³-hybridized carbons (Fsp3) is 0.238. The van der Waals surface area contributed by atoms with E-state index in [2.05, 4.69) is 29.1 Å². The molecule has 1 aliphatic rings. The average Bonchev–Trinajstić information content (AvgIpc) is 2.80. The number of hydrogen-bond acceptors (Lipinski definition) is 3. The zero-order chi connectivity index (χ0) is 18.3. The second-order valence-electron chi connectivity index (χ2n) is 6.74. The van der Waals surface area contributed by atoms with E-state index in [-0.39, 0.29) is 5.91 Å². The van der Waals surface area contributed by atoms with Gasteiger partial charge in [0.15, 0.2) is 0 Å². The number of likely N-dealkylation sites (N-methyl/N-ethyl adjacent to an activating group) is 1. The molecular weight excluding hydrogens is 346 g/mol. The maximum Gasteiger partial charge on any atom is 0.256 e. The zero-order valence-electron chi connectivity index (χ0n) is 14.9. The van der Waals surface area contributed by atoms with Crippen LogP contribution in [0.4, 0.5) is 5.69 Å². The summed E-state index contributed by atoms with van der Waals surface area (Å²) in [5, 5.41) is 1.53. The van der Waals surface area contributed by atoms with Gasteiger partial charge in [-0.05, 0) is 42.8 Å². The Labute approximate surface area is 158 Å². The van der Waals surface area contributed by atoms with Crippen molar-refractivity contribution in [2.45, 2.75) is 13.5 Å². The second kappa shape index (κ2) is 6.61. The zero-order valence-corrected chi connectivity index (χ0v) is 15.6. The highest BCUT2D eigenvalue weighted by atomic mass is 35.5. The molecule has 0 fully saturated rings. The maximum absolute atomic E-state index is 13.3. The monoisotopic (exact) mass is 365 g/mol. The van der Waals surface area contributed by atoms with E-state index in [0.717, 1.165) is 28.7 Å². The van der Waals surface area contributed by atoms with Gasteiger partial charge in [-0.3, -0.25) is 9.78 Å². The van der Waals surface area contributed by atoms with E-state index in [1.165, 1.54) is 5.69 Å². The van der Waals surface area contributed by atoms with Crippen LogP contribution in [-0.4, -0.2) is 35.9 Å². The molecule has 3 aromatic rings. The fourth-order valence-electron chi connectivity index (χ4n) is 3.50. The van der Waals surface area contributed by atoms with Crippen molar-refractivity contribution in [3.8, 4) is 0 Å². The summed E-state index contributed by atoms with van der Waals surface area (Å²) in [6.45, 7) is 3.97. The van der Waals surface area contributed by atoms with Gasteiger partial charge in [0.2, 0.25) is 0 Å². The Morgan fingerprint density at radius 1 is 1.12 bits per heavy atom. The van der Waals surface area contributed by atoms with Gasteiger partial charge in [-0.2, -0.15) is 0 Å². The van der Waals surface area contributed by atoms with Crippen molar-refractivity contribution in [2.75, 3.05) is 25.0 Å². The summed E-state index contributed by atoms with van der Waals surface area (Å²) in [7, 11) is 2.07. The van der Waals surface area contributed by atoms with Gasteiger partial charge in [-0.1, -0.05) is 29.8 Å². The maximum atomic E-state index is 13.3. The van der Waals surface area contributed by atoms with E-state index in [1.807, 2.05) is 48.2 Å². The molecule has 1 amide bonds. The van der Waals surface area contributed by atoms with Crippen LogP contribution < -0.4 is 4.90 Å². The number of amides is 1. The van der Waals surface area contributed by atoms with Gasteiger partial charge in [-0.25, -0.2) is 0 Å². The first-order chi connectivity index (χ1) is 12.5. The molecule has 2 aromatic carbocycles. The van der Waals surface area contributed by atoms with Gasteiger partial charge in [-0.15, -0.1) is 0 Å². The Bertz CT molecular complexity index is 1000. The minimum atomic E-state index is 0.0157. The van der Waals surface area contributed by atoms with Gasteiger partial charge in [0, 0.05) is 42.8 Å². The Balaban J connectivity index is 1.71. The molecule has 1 aromatic heterocycles. The summed E-state index contributed by atoms with van der Waals surface area (Å²) in [5.41, 5.74) is 4.58. The molecule has 0 aliphatic carbocycles. The van der Waals surface area contributed by atoms with E-state index in [4.69, 9.17) is 11.6 Å². The number of aromatic nitrogens is 1. The first-order valence-corrected chi connectivity index (χ1v) is 9.06. The molecule has 0 spiro atoms. The van der Waals surface area contributed by atoms with E-state index < -0.39 is 0 Å². The van der Waals surface area contributed by atoms with Crippen LogP contribution in [0.2, 0.25) is 5.02 Å². The molecule has 0 saturated carbocycles. The second-order valence-corrected chi connectivity index (χ2v) is 7.17. The SMILES string of the molecule is Cc1nc2ccc(Cl)cc2cc1C(=O)N1CCN(C)c2ccccc2C1. The molecule has 0 saturated heterocycles. The molecular formula is C21H20ClN3O. The number of nitrogens with zero attached hydrogens (tertiary/aromatic N) is 3. The summed E-state index contributed by atoms with van der Waals surface area (Å²) in [6, 6.07) is 15.7. The quantitative estimate of drug-likeness (QED) is 0.645. The van der Waals surface area contributed by atoms with E-state index >= 15 is 0 Å². The molecule has 0 radical (unpaired) electrons. The van der Waals surface area contributed by atoms with Gasteiger partial charge in [0.25, 0.3) is 5.91 Å². The lowest BCUT2D eigenvalue weighted by molar-refractivity contribution is 0.0750. The number of fused-ring (bicyclic) bond motifs is 2. The number of pyridine rings is 1. The van der Waals surface area contributed by atoms with Crippen LogP contribution >= 0.6 is 11.6 Å². The molecule has 132 valence electrons. The van der Waals surface area contributed by atoms with E-state index in [1.54, 1.807) is 0 Å². The van der Waals surface area contributed by atoms with Crippen LogP contribution in [0.25, 0.3) is 10.9 Å². The molecule has 1 aliphatic heterocycles. The number of rotatable bonds is 1. The molecule has 4 rings (SSSR count). The van der Waals surface area contributed by atoms with Gasteiger partial charge in [0.05, 0.1) is 16.8 Å². The molecule has 0 N–H and O–H groups in total. The average molecular weight is 366 g/mol. The first kappa shape index (κ1) is 16.9. The van der Waals surface area contributed by atoms with Crippen molar-refractivity contribution < 1.29 is 4.79 Å². The van der Waals surface area contributed by atoms with Gasteiger partial charge >= 0.3 is 0 Å². The summed E-state index contributed by atoms with van der Waals surface area (Å²) in [4.78, 5) is 22.0. The molecule has 0 atom stereocenters. The Hall–Kier alpha value is -2.59. The van der Waals surface area contributed by atoms with Crippen molar-refractivity contribution in [1.29, 1.82) is 0 Å². The highest BCUT2D eigenvalue weighted by Crippen LogP contribution is 2.26. The van der Waals surface area contributed by atoms with Crippen LogP contribution in [0.15, 0.2) is 48.5 Å². The van der Waals surface area contributed by atoms with Gasteiger partial charge in [0.1, 0.15) is 0 Å². The van der Waals surface area contributed by atoms with Crippen molar-refractivity contribution in [2.24, 2.45) is 0 Å². The third-order valence-electron chi connectivity index (χ3n) is 4.95. The van der Waals surface area contributed by atoms with Crippen molar-refractivity contribution in [3.63, 3.8) is 0 Å².